The molecule has 1 fully saturated rings. The van der Waals surface area contributed by atoms with Gasteiger partial charge in [-0.25, -0.2) is 0 Å². The van der Waals surface area contributed by atoms with E-state index in [9.17, 15) is 14.9 Å². The summed E-state index contributed by atoms with van der Waals surface area (Å²) >= 11 is 5.93. The maximum absolute atomic E-state index is 12.4. The maximum Gasteiger partial charge on any atom is 0.323 e. The minimum Gasteiger partial charge on any atom is -0.468 e. The number of nitrogens with one attached hydrogen (secondary N) is 1. The SMILES string of the molecule is COC(=O)[C@@H]1N[C@H](c2ccc(Cl)cc2)[C@@H]([N+](=O)[O-])[C@@H]1c1cccc(C)c1. The van der Waals surface area contributed by atoms with Gasteiger partial charge in [0.2, 0.25) is 6.04 Å². The Hall–Kier alpha value is -2.44. The van der Waals surface area contributed by atoms with Crippen LogP contribution in [0.2, 0.25) is 5.02 Å². The van der Waals surface area contributed by atoms with Gasteiger partial charge in [0.15, 0.2) is 0 Å². The second-order valence-electron chi connectivity index (χ2n) is 6.41. The van der Waals surface area contributed by atoms with Crippen LogP contribution >= 0.6 is 11.6 Å². The molecule has 136 valence electrons. The molecule has 1 aliphatic heterocycles. The van der Waals surface area contributed by atoms with Crippen LogP contribution in [0.4, 0.5) is 0 Å². The van der Waals surface area contributed by atoms with E-state index < -0.39 is 30.0 Å². The highest BCUT2D eigenvalue weighted by Gasteiger charge is 2.54. The molecule has 2 aromatic carbocycles. The van der Waals surface area contributed by atoms with Crippen molar-refractivity contribution in [3.63, 3.8) is 0 Å². The molecule has 1 heterocycles. The molecule has 26 heavy (non-hydrogen) atoms. The quantitative estimate of drug-likeness (QED) is 0.504. The summed E-state index contributed by atoms with van der Waals surface area (Å²) < 4.78 is 4.90. The molecule has 1 N–H and O–H groups in total. The third-order valence-corrected chi connectivity index (χ3v) is 5.03. The maximum atomic E-state index is 12.4. The van der Waals surface area contributed by atoms with E-state index >= 15 is 0 Å². The molecule has 1 aliphatic rings. The van der Waals surface area contributed by atoms with Gasteiger partial charge >= 0.3 is 5.97 Å². The first-order chi connectivity index (χ1) is 12.4. The van der Waals surface area contributed by atoms with E-state index in [-0.39, 0.29) is 4.92 Å². The van der Waals surface area contributed by atoms with Crippen LogP contribution < -0.4 is 5.32 Å². The average Bonchev–Trinajstić information content (AvgIpc) is 3.02. The Kier molecular flexibility index (Phi) is 5.25. The number of halogens is 1. The van der Waals surface area contributed by atoms with Gasteiger partial charge in [-0.2, -0.15) is 0 Å². The molecular weight excluding hydrogens is 356 g/mol. The number of methoxy groups -OCH3 is 1. The Bertz CT molecular complexity index is 825. The fourth-order valence-corrected chi connectivity index (χ4v) is 3.75. The highest BCUT2D eigenvalue weighted by Crippen LogP contribution is 2.40. The van der Waals surface area contributed by atoms with Gasteiger partial charge in [-0.15, -0.1) is 0 Å². The molecule has 0 saturated carbocycles. The third-order valence-electron chi connectivity index (χ3n) is 4.78. The number of carbonyl (C=O) groups excluding carboxylic acids is 1. The summed E-state index contributed by atoms with van der Waals surface area (Å²) in [6.07, 6.45) is 0. The largest absolute Gasteiger partial charge is 0.468 e. The van der Waals surface area contributed by atoms with E-state index in [2.05, 4.69) is 5.32 Å². The molecule has 1 saturated heterocycles. The van der Waals surface area contributed by atoms with Crippen LogP contribution in [-0.4, -0.2) is 30.1 Å². The zero-order chi connectivity index (χ0) is 18.8. The summed E-state index contributed by atoms with van der Waals surface area (Å²) in [5.74, 6) is -1.15. The summed E-state index contributed by atoms with van der Waals surface area (Å²) in [6, 6.07) is 11.8. The molecular formula is C19H19ClN2O4. The minimum absolute atomic E-state index is 0.317. The number of carbonyl (C=O) groups is 1. The van der Waals surface area contributed by atoms with Gasteiger partial charge in [-0.05, 0) is 30.2 Å². The van der Waals surface area contributed by atoms with Gasteiger partial charge in [0, 0.05) is 9.95 Å². The number of esters is 1. The molecule has 0 amide bonds. The zero-order valence-corrected chi connectivity index (χ0v) is 15.1. The molecule has 3 rings (SSSR count). The van der Waals surface area contributed by atoms with Crippen LogP contribution in [0.25, 0.3) is 0 Å². The number of nitrogens with zero attached hydrogens (tertiary/aromatic N) is 1. The van der Waals surface area contributed by atoms with Crippen molar-refractivity contribution in [2.45, 2.75) is 31.0 Å². The first-order valence-corrected chi connectivity index (χ1v) is 8.59. The second-order valence-corrected chi connectivity index (χ2v) is 6.85. The van der Waals surface area contributed by atoms with Crippen LogP contribution in [0, 0.1) is 17.0 Å². The third kappa shape index (κ3) is 3.43. The zero-order valence-electron chi connectivity index (χ0n) is 14.4. The Morgan fingerprint density at radius 1 is 1.19 bits per heavy atom. The highest BCUT2D eigenvalue weighted by atomic mass is 35.5. The molecule has 0 aromatic heterocycles. The molecule has 0 radical (unpaired) electrons. The molecule has 0 spiro atoms. The second kappa shape index (κ2) is 7.43. The van der Waals surface area contributed by atoms with Gasteiger partial charge in [-0.1, -0.05) is 53.6 Å². The van der Waals surface area contributed by atoms with Crippen molar-refractivity contribution >= 4 is 17.6 Å². The van der Waals surface area contributed by atoms with Crippen molar-refractivity contribution in [2.75, 3.05) is 7.11 Å². The van der Waals surface area contributed by atoms with Crippen LogP contribution in [-0.2, 0) is 9.53 Å². The predicted molar refractivity (Wildman–Crippen MR) is 97.8 cm³/mol. The van der Waals surface area contributed by atoms with Gasteiger partial charge in [0.05, 0.1) is 13.0 Å². The lowest BCUT2D eigenvalue weighted by Gasteiger charge is -2.19. The van der Waals surface area contributed by atoms with Crippen molar-refractivity contribution in [1.82, 2.24) is 5.32 Å². The fourth-order valence-electron chi connectivity index (χ4n) is 3.63. The monoisotopic (exact) mass is 374 g/mol. The topological polar surface area (TPSA) is 81.5 Å². The van der Waals surface area contributed by atoms with Gasteiger partial charge in [0.1, 0.15) is 12.1 Å². The molecule has 2 aromatic rings. The number of hydrogen-bond donors (Lipinski definition) is 1. The standard InChI is InChI=1S/C19H19ClN2O4/c1-11-4-3-5-13(10-11)15-17(19(23)26-2)21-16(18(15)22(24)25)12-6-8-14(20)9-7-12/h3-10,15-18,21H,1-2H3/t15-,16-,17-,18+/m1/s1. The lowest BCUT2D eigenvalue weighted by atomic mass is 9.85. The van der Waals surface area contributed by atoms with Crippen LogP contribution in [0.5, 0.6) is 0 Å². The van der Waals surface area contributed by atoms with Crippen molar-refractivity contribution in [3.05, 3.63) is 80.4 Å². The first-order valence-electron chi connectivity index (χ1n) is 8.21. The van der Waals surface area contributed by atoms with Crippen molar-refractivity contribution in [3.8, 4) is 0 Å². The van der Waals surface area contributed by atoms with E-state index in [0.29, 0.717) is 10.6 Å². The summed E-state index contributed by atoms with van der Waals surface area (Å²) in [5, 5.41) is 15.6. The van der Waals surface area contributed by atoms with Crippen LogP contribution in [0.1, 0.15) is 28.7 Å². The number of aryl methyl sites for hydroxylation is 1. The number of ether oxygens (including phenoxy) is 1. The van der Waals surface area contributed by atoms with Gasteiger partial charge in [0.25, 0.3) is 0 Å². The fraction of sp³-hybridized carbons (Fsp3) is 0.316. The molecule has 4 atom stereocenters. The van der Waals surface area contributed by atoms with Crippen molar-refractivity contribution in [2.24, 2.45) is 0 Å². The van der Waals surface area contributed by atoms with E-state index in [1.807, 2.05) is 31.2 Å². The smallest absolute Gasteiger partial charge is 0.323 e. The minimum atomic E-state index is -1.01. The summed E-state index contributed by atoms with van der Waals surface area (Å²) in [7, 11) is 1.29. The lowest BCUT2D eigenvalue weighted by molar-refractivity contribution is -0.527. The van der Waals surface area contributed by atoms with E-state index in [1.54, 1.807) is 24.3 Å². The highest BCUT2D eigenvalue weighted by molar-refractivity contribution is 6.30. The normalized spacial score (nSPS) is 25.0. The molecule has 0 unspecified atom stereocenters. The van der Waals surface area contributed by atoms with E-state index in [4.69, 9.17) is 16.3 Å². The molecule has 0 aliphatic carbocycles. The Morgan fingerprint density at radius 3 is 2.46 bits per heavy atom. The van der Waals surface area contributed by atoms with Crippen LogP contribution in [0.3, 0.4) is 0 Å². The molecule has 6 nitrogen and oxygen atoms in total. The Labute approximate surface area is 156 Å². The molecule has 0 bridgehead atoms. The number of rotatable bonds is 4. The van der Waals surface area contributed by atoms with Crippen molar-refractivity contribution in [1.29, 1.82) is 0 Å². The van der Waals surface area contributed by atoms with E-state index in [1.165, 1.54) is 7.11 Å². The molecule has 7 heteroatoms. The average molecular weight is 375 g/mol. The summed E-state index contributed by atoms with van der Waals surface area (Å²) in [4.78, 5) is 24.0. The summed E-state index contributed by atoms with van der Waals surface area (Å²) in [5.41, 5.74) is 2.43. The van der Waals surface area contributed by atoms with Gasteiger partial charge in [-0.3, -0.25) is 20.2 Å². The number of hydrogen-bond acceptors (Lipinski definition) is 5. The van der Waals surface area contributed by atoms with Crippen molar-refractivity contribution < 1.29 is 14.5 Å². The van der Waals surface area contributed by atoms with Crippen LogP contribution in [0.15, 0.2) is 48.5 Å². The Balaban J connectivity index is 2.09. The predicted octanol–water partition coefficient (Wildman–Crippen LogP) is 3.26. The summed E-state index contributed by atoms with van der Waals surface area (Å²) in [6.45, 7) is 1.91. The first kappa shape index (κ1) is 18.4. The van der Waals surface area contributed by atoms with Gasteiger partial charge < -0.3 is 4.74 Å². The Morgan fingerprint density at radius 2 is 1.88 bits per heavy atom. The lowest BCUT2D eigenvalue weighted by Crippen LogP contribution is -2.37. The van der Waals surface area contributed by atoms with E-state index in [0.717, 1.165) is 11.1 Å². The number of benzene rings is 2. The number of nitro groups is 1.